The van der Waals surface area contributed by atoms with Gasteiger partial charge in [-0.2, -0.15) is 0 Å². The summed E-state index contributed by atoms with van der Waals surface area (Å²) in [4.78, 5) is 2.82. The average molecular weight is 220 g/mol. The van der Waals surface area contributed by atoms with Gasteiger partial charge in [0.2, 0.25) is 0 Å². The Balaban J connectivity index is 1.38. The fraction of sp³-hybridized carbons (Fsp3) is 1.00. The van der Waals surface area contributed by atoms with Gasteiger partial charge in [0.1, 0.15) is 0 Å². The largest absolute Gasteiger partial charge is 0.311 e. The summed E-state index contributed by atoms with van der Waals surface area (Å²) in [6.45, 7) is 2.88. The first kappa shape index (κ1) is 9.90. The molecule has 0 aromatic carbocycles. The van der Waals surface area contributed by atoms with E-state index in [9.17, 15) is 0 Å². The van der Waals surface area contributed by atoms with Crippen molar-refractivity contribution in [2.75, 3.05) is 13.1 Å². The topological polar surface area (TPSA) is 15.3 Å². The molecule has 1 saturated carbocycles. The normalized spacial score (nSPS) is 46.1. The van der Waals surface area contributed by atoms with Crippen LogP contribution in [-0.2, 0) is 0 Å². The van der Waals surface area contributed by atoms with Gasteiger partial charge in [-0.25, -0.2) is 0 Å². The fourth-order valence-electron chi connectivity index (χ4n) is 4.84. The molecule has 1 N–H and O–H groups in total. The first-order valence-corrected chi connectivity index (χ1v) is 7.33. The second-order valence-electron chi connectivity index (χ2n) is 6.88. The molecule has 0 amide bonds. The molecule has 1 spiro atoms. The molecule has 16 heavy (non-hydrogen) atoms. The molecule has 0 aromatic rings. The van der Waals surface area contributed by atoms with Crippen LogP contribution < -0.4 is 5.32 Å². The molecule has 0 radical (unpaired) electrons. The van der Waals surface area contributed by atoms with E-state index in [2.05, 4.69) is 10.2 Å². The van der Waals surface area contributed by atoms with Crippen molar-refractivity contribution in [2.45, 2.75) is 69.5 Å². The number of nitrogens with zero attached hydrogens (tertiary/aromatic N) is 1. The molecular formula is C14H24N2. The Morgan fingerprint density at radius 1 is 0.938 bits per heavy atom. The second kappa shape index (κ2) is 3.46. The lowest BCUT2D eigenvalue weighted by Gasteiger charge is -2.53. The Morgan fingerprint density at radius 2 is 1.56 bits per heavy atom. The van der Waals surface area contributed by atoms with Gasteiger partial charge in [-0.1, -0.05) is 12.8 Å². The van der Waals surface area contributed by atoms with E-state index in [1.54, 1.807) is 0 Å². The van der Waals surface area contributed by atoms with Crippen molar-refractivity contribution >= 4 is 0 Å². The monoisotopic (exact) mass is 220 g/mol. The Hall–Kier alpha value is -0.0800. The number of likely N-dealkylation sites (tertiary alicyclic amines) is 1. The van der Waals surface area contributed by atoms with Crippen molar-refractivity contribution in [3.05, 3.63) is 0 Å². The third kappa shape index (κ3) is 1.46. The molecule has 2 atom stereocenters. The Morgan fingerprint density at radius 3 is 2.19 bits per heavy atom. The predicted molar refractivity (Wildman–Crippen MR) is 65.4 cm³/mol. The number of hydrogen-bond acceptors (Lipinski definition) is 2. The number of hydrogen-bond donors (Lipinski definition) is 1. The van der Waals surface area contributed by atoms with Crippen LogP contribution in [0.2, 0.25) is 0 Å². The van der Waals surface area contributed by atoms with E-state index in [1.165, 1.54) is 64.5 Å². The van der Waals surface area contributed by atoms with Crippen LogP contribution in [-0.4, -0.2) is 36.1 Å². The molecule has 2 bridgehead atoms. The van der Waals surface area contributed by atoms with Gasteiger partial charge in [-0.15, -0.1) is 0 Å². The van der Waals surface area contributed by atoms with Gasteiger partial charge in [0, 0.05) is 31.2 Å². The maximum Gasteiger partial charge on any atom is 0.0125 e. The quantitative estimate of drug-likeness (QED) is 0.728. The lowest BCUT2D eigenvalue weighted by atomic mass is 9.76. The minimum Gasteiger partial charge on any atom is -0.311 e. The van der Waals surface area contributed by atoms with Crippen molar-refractivity contribution in [2.24, 2.45) is 5.41 Å². The average Bonchev–Trinajstić information content (AvgIpc) is 2.83. The van der Waals surface area contributed by atoms with E-state index in [0.717, 1.165) is 23.5 Å². The van der Waals surface area contributed by atoms with E-state index in [-0.39, 0.29) is 0 Å². The molecule has 90 valence electrons. The third-order valence-corrected chi connectivity index (χ3v) is 5.71. The number of rotatable bonds is 1. The van der Waals surface area contributed by atoms with Gasteiger partial charge in [0.05, 0.1) is 0 Å². The van der Waals surface area contributed by atoms with E-state index >= 15 is 0 Å². The highest BCUT2D eigenvalue weighted by atomic mass is 15.3. The van der Waals surface area contributed by atoms with Crippen LogP contribution in [0.15, 0.2) is 0 Å². The van der Waals surface area contributed by atoms with E-state index in [0.29, 0.717) is 0 Å². The number of nitrogens with one attached hydrogen (secondary N) is 1. The van der Waals surface area contributed by atoms with Crippen LogP contribution in [0.25, 0.3) is 0 Å². The molecule has 2 nitrogen and oxygen atoms in total. The minimum absolute atomic E-state index is 0.796. The number of fused-ring (bicyclic) bond motifs is 2. The van der Waals surface area contributed by atoms with E-state index < -0.39 is 0 Å². The summed E-state index contributed by atoms with van der Waals surface area (Å²) in [6.07, 6.45) is 11.8. The maximum atomic E-state index is 3.76. The summed E-state index contributed by atoms with van der Waals surface area (Å²) in [5, 5.41) is 3.76. The van der Waals surface area contributed by atoms with Gasteiger partial charge in [-0.3, -0.25) is 4.90 Å². The fourth-order valence-corrected chi connectivity index (χ4v) is 4.84. The standard InChI is InChI=1S/C14H24N2/c1-2-6-14(5-1)9-16(10-14)13-7-11-3-4-12(8-13)15-11/h11-13,15H,1-10H2. The zero-order valence-electron chi connectivity index (χ0n) is 10.3. The van der Waals surface area contributed by atoms with Crippen LogP contribution in [0, 0.1) is 5.41 Å². The van der Waals surface area contributed by atoms with Gasteiger partial charge in [-0.05, 0) is 43.9 Å². The van der Waals surface area contributed by atoms with Crippen molar-refractivity contribution < 1.29 is 0 Å². The zero-order valence-corrected chi connectivity index (χ0v) is 10.3. The molecule has 3 aliphatic heterocycles. The highest BCUT2D eigenvalue weighted by Gasteiger charge is 2.48. The van der Waals surface area contributed by atoms with Crippen molar-refractivity contribution in [3.63, 3.8) is 0 Å². The Labute approximate surface area is 98.8 Å². The molecule has 4 fully saturated rings. The van der Waals surface area contributed by atoms with Crippen LogP contribution in [0.4, 0.5) is 0 Å². The lowest BCUT2D eigenvalue weighted by Crippen LogP contribution is -2.61. The molecule has 2 heteroatoms. The van der Waals surface area contributed by atoms with Crippen LogP contribution >= 0.6 is 0 Å². The van der Waals surface area contributed by atoms with Crippen LogP contribution in [0.1, 0.15) is 51.4 Å². The van der Waals surface area contributed by atoms with Crippen molar-refractivity contribution in [1.29, 1.82) is 0 Å². The summed E-state index contributed by atoms with van der Waals surface area (Å²) in [5.41, 5.74) is 0.796. The zero-order chi connectivity index (χ0) is 10.6. The third-order valence-electron chi connectivity index (χ3n) is 5.71. The van der Waals surface area contributed by atoms with Gasteiger partial charge in [0.25, 0.3) is 0 Å². The van der Waals surface area contributed by atoms with Crippen LogP contribution in [0.3, 0.4) is 0 Å². The summed E-state index contributed by atoms with van der Waals surface area (Å²) in [6, 6.07) is 2.66. The molecular weight excluding hydrogens is 196 g/mol. The molecule has 3 heterocycles. The minimum atomic E-state index is 0.796. The highest BCUT2D eigenvalue weighted by molar-refractivity contribution is 5.04. The molecule has 4 aliphatic rings. The summed E-state index contributed by atoms with van der Waals surface area (Å²) in [7, 11) is 0. The van der Waals surface area contributed by atoms with Gasteiger partial charge in [0.15, 0.2) is 0 Å². The van der Waals surface area contributed by atoms with Crippen LogP contribution in [0.5, 0.6) is 0 Å². The Kier molecular flexibility index (Phi) is 2.14. The molecule has 4 rings (SSSR count). The highest BCUT2D eigenvalue weighted by Crippen LogP contribution is 2.47. The molecule has 3 saturated heterocycles. The SMILES string of the molecule is C1CCC2(C1)CN(C1CC3CCC(C1)N3)C2. The second-order valence-corrected chi connectivity index (χ2v) is 6.88. The lowest BCUT2D eigenvalue weighted by molar-refractivity contribution is -0.0399. The Bertz CT molecular complexity index is 262. The van der Waals surface area contributed by atoms with Gasteiger partial charge < -0.3 is 5.32 Å². The van der Waals surface area contributed by atoms with E-state index in [1.807, 2.05) is 0 Å². The van der Waals surface area contributed by atoms with Crippen molar-refractivity contribution in [3.8, 4) is 0 Å². The maximum absolute atomic E-state index is 3.76. The van der Waals surface area contributed by atoms with E-state index in [4.69, 9.17) is 0 Å². The summed E-state index contributed by atoms with van der Waals surface area (Å²) >= 11 is 0. The summed E-state index contributed by atoms with van der Waals surface area (Å²) in [5.74, 6) is 0. The molecule has 0 aromatic heterocycles. The molecule has 2 unspecified atom stereocenters. The first-order chi connectivity index (χ1) is 7.83. The first-order valence-electron chi connectivity index (χ1n) is 7.33. The van der Waals surface area contributed by atoms with Crippen molar-refractivity contribution in [1.82, 2.24) is 10.2 Å². The molecule has 1 aliphatic carbocycles. The smallest absolute Gasteiger partial charge is 0.0125 e. The predicted octanol–water partition coefficient (Wildman–Crippen LogP) is 2.15. The number of piperidine rings is 1. The summed E-state index contributed by atoms with van der Waals surface area (Å²) < 4.78 is 0. The van der Waals surface area contributed by atoms with Gasteiger partial charge >= 0.3 is 0 Å².